The molecular weight excluding hydrogens is 340 g/mol. The molecule has 0 spiro atoms. The predicted octanol–water partition coefficient (Wildman–Crippen LogP) is 2.30. The molecule has 2 N–H and O–H groups in total. The van der Waals surface area contributed by atoms with Crippen molar-refractivity contribution >= 4 is 9.84 Å². The van der Waals surface area contributed by atoms with Crippen molar-refractivity contribution in [1.82, 2.24) is 0 Å². The van der Waals surface area contributed by atoms with Gasteiger partial charge < -0.3 is 14.9 Å². The van der Waals surface area contributed by atoms with Crippen LogP contribution in [0.2, 0.25) is 0 Å². The fraction of sp³-hybridized carbons (Fsp3) is 0.368. The van der Waals surface area contributed by atoms with Crippen LogP contribution < -0.4 is 0 Å². The van der Waals surface area contributed by atoms with Crippen molar-refractivity contribution in [3.63, 3.8) is 0 Å². The molecule has 0 atom stereocenters. The lowest BCUT2D eigenvalue weighted by atomic mass is 9.99. The van der Waals surface area contributed by atoms with Crippen LogP contribution in [-0.4, -0.2) is 38.5 Å². The maximum Gasteiger partial charge on any atom is 0.206 e. The largest absolute Gasteiger partial charge is 0.394 e. The van der Waals surface area contributed by atoms with Gasteiger partial charge in [0.15, 0.2) is 0 Å². The summed E-state index contributed by atoms with van der Waals surface area (Å²) in [6.07, 6.45) is 0.653. The van der Waals surface area contributed by atoms with Crippen molar-refractivity contribution in [2.24, 2.45) is 0 Å². The Bertz CT molecular complexity index is 772. The minimum Gasteiger partial charge on any atom is -0.394 e. The summed E-state index contributed by atoms with van der Waals surface area (Å²) in [6, 6.07) is 13.0. The fourth-order valence-corrected chi connectivity index (χ4v) is 3.63. The van der Waals surface area contributed by atoms with Gasteiger partial charge in [0.05, 0.1) is 35.2 Å². The SMILES string of the molecule is CC(C)(O)c1ccc(S(=O)(=O)c2ccc(CCOCCO)cc2)cc1. The minimum atomic E-state index is -3.59. The van der Waals surface area contributed by atoms with Gasteiger partial charge in [0.1, 0.15) is 0 Å². The van der Waals surface area contributed by atoms with Crippen LogP contribution >= 0.6 is 0 Å². The molecule has 2 aromatic rings. The van der Waals surface area contributed by atoms with Crippen molar-refractivity contribution in [2.75, 3.05) is 19.8 Å². The summed E-state index contributed by atoms with van der Waals surface area (Å²) in [5.74, 6) is 0. The van der Waals surface area contributed by atoms with Crippen LogP contribution in [0, 0.1) is 0 Å². The molecule has 0 aliphatic heterocycles. The van der Waals surface area contributed by atoms with Crippen LogP contribution in [0.3, 0.4) is 0 Å². The maximum absolute atomic E-state index is 12.7. The van der Waals surface area contributed by atoms with E-state index in [4.69, 9.17) is 9.84 Å². The summed E-state index contributed by atoms with van der Waals surface area (Å²) in [4.78, 5) is 0.420. The molecule has 0 aliphatic rings. The number of hydrogen-bond donors (Lipinski definition) is 2. The van der Waals surface area contributed by atoms with Crippen LogP contribution in [0.25, 0.3) is 0 Å². The highest BCUT2D eigenvalue weighted by molar-refractivity contribution is 7.91. The zero-order chi connectivity index (χ0) is 18.5. The molecular formula is C19H24O5S. The summed E-state index contributed by atoms with van der Waals surface area (Å²) >= 11 is 0. The van der Waals surface area contributed by atoms with Crippen molar-refractivity contribution in [3.05, 3.63) is 59.7 Å². The molecule has 0 unspecified atom stereocenters. The maximum atomic E-state index is 12.7. The molecule has 0 bridgehead atoms. The highest BCUT2D eigenvalue weighted by Crippen LogP contribution is 2.25. The molecule has 0 aromatic heterocycles. The van der Waals surface area contributed by atoms with E-state index in [1.54, 1.807) is 50.2 Å². The molecule has 2 aromatic carbocycles. The zero-order valence-corrected chi connectivity index (χ0v) is 15.3. The third-order valence-electron chi connectivity index (χ3n) is 3.88. The third-order valence-corrected chi connectivity index (χ3v) is 5.66. The molecule has 0 radical (unpaired) electrons. The van der Waals surface area contributed by atoms with Crippen molar-refractivity contribution in [1.29, 1.82) is 0 Å². The van der Waals surface area contributed by atoms with Gasteiger partial charge in [-0.2, -0.15) is 0 Å². The quantitative estimate of drug-likeness (QED) is 0.702. The number of aliphatic hydroxyl groups excluding tert-OH is 1. The highest BCUT2D eigenvalue weighted by Gasteiger charge is 2.20. The second-order valence-corrected chi connectivity index (χ2v) is 8.27. The number of aliphatic hydroxyl groups is 2. The lowest BCUT2D eigenvalue weighted by molar-refractivity contribution is 0.0785. The van der Waals surface area contributed by atoms with E-state index >= 15 is 0 Å². The molecule has 6 heteroatoms. The number of sulfone groups is 1. The van der Waals surface area contributed by atoms with Gasteiger partial charge in [-0.25, -0.2) is 8.42 Å². The molecule has 0 saturated heterocycles. The van der Waals surface area contributed by atoms with Gasteiger partial charge in [-0.3, -0.25) is 0 Å². The van der Waals surface area contributed by atoms with Crippen molar-refractivity contribution in [3.8, 4) is 0 Å². The Hall–Kier alpha value is -1.73. The van der Waals surface area contributed by atoms with Crippen molar-refractivity contribution < 1.29 is 23.4 Å². The molecule has 0 heterocycles. The fourth-order valence-electron chi connectivity index (χ4n) is 2.37. The monoisotopic (exact) mass is 364 g/mol. The zero-order valence-electron chi connectivity index (χ0n) is 14.5. The van der Waals surface area contributed by atoms with E-state index in [1.807, 2.05) is 0 Å². The molecule has 0 amide bonds. The second-order valence-electron chi connectivity index (χ2n) is 6.32. The first kappa shape index (κ1) is 19.6. The Labute approximate surface area is 148 Å². The molecule has 5 nitrogen and oxygen atoms in total. The molecule has 0 saturated carbocycles. The molecule has 0 aliphatic carbocycles. The van der Waals surface area contributed by atoms with Crippen LogP contribution in [0.15, 0.2) is 58.3 Å². The van der Waals surface area contributed by atoms with Gasteiger partial charge in [-0.15, -0.1) is 0 Å². The predicted molar refractivity (Wildman–Crippen MR) is 95.2 cm³/mol. The van der Waals surface area contributed by atoms with Crippen LogP contribution in [0.4, 0.5) is 0 Å². The molecule has 2 rings (SSSR count). The van der Waals surface area contributed by atoms with E-state index in [2.05, 4.69) is 0 Å². The summed E-state index contributed by atoms with van der Waals surface area (Å²) < 4.78 is 30.6. The lowest BCUT2D eigenvalue weighted by Crippen LogP contribution is -2.15. The van der Waals surface area contributed by atoms with E-state index in [1.165, 1.54) is 12.1 Å². The summed E-state index contributed by atoms with van der Waals surface area (Å²) in [5, 5.41) is 18.6. The van der Waals surface area contributed by atoms with E-state index in [-0.39, 0.29) is 16.4 Å². The minimum absolute atomic E-state index is 0.0105. The normalized spacial score (nSPS) is 12.3. The van der Waals surface area contributed by atoms with E-state index in [0.29, 0.717) is 25.2 Å². The first-order chi connectivity index (χ1) is 11.7. The number of benzene rings is 2. The summed E-state index contributed by atoms with van der Waals surface area (Å²) in [7, 11) is -3.59. The smallest absolute Gasteiger partial charge is 0.206 e. The Morgan fingerprint density at radius 1 is 0.920 bits per heavy atom. The van der Waals surface area contributed by atoms with Crippen LogP contribution in [-0.2, 0) is 26.6 Å². The Balaban J connectivity index is 2.14. The van der Waals surface area contributed by atoms with Gasteiger partial charge in [0, 0.05) is 0 Å². The Morgan fingerprint density at radius 2 is 1.44 bits per heavy atom. The summed E-state index contributed by atoms with van der Waals surface area (Å²) in [6.45, 7) is 4.07. The average Bonchev–Trinajstić information content (AvgIpc) is 2.58. The van der Waals surface area contributed by atoms with Crippen molar-refractivity contribution in [2.45, 2.75) is 35.7 Å². The first-order valence-electron chi connectivity index (χ1n) is 8.11. The molecule has 136 valence electrons. The Morgan fingerprint density at radius 3 is 1.92 bits per heavy atom. The van der Waals surface area contributed by atoms with Gasteiger partial charge in [0.2, 0.25) is 9.84 Å². The average molecular weight is 364 g/mol. The Kier molecular flexibility index (Phi) is 6.35. The van der Waals surface area contributed by atoms with Gasteiger partial charge in [-0.1, -0.05) is 24.3 Å². The van der Waals surface area contributed by atoms with Crippen LogP contribution in [0.5, 0.6) is 0 Å². The topological polar surface area (TPSA) is 83.8 Å². The van der Waals surface area contributed by atoms with Gasteiger partial charge in [0.25, 0.3) is 0 Å². The number of hydrogen-bond acceptors (Lipinski definition) is 5. The number of ether oxygens (including phenoxy) is 1. The van der Waals surface area contributed by atoms with E-state index < -0.39 is 15.4 Å². The lowest BCUT2D eigenvalue weighted by Gasteiger charge is -2.17. The van der Waals surface area contributed by atoms with Gasteiger partial charge in [-0.05, 0) is 55.7 Å². The second kappa shape index (κ2) is 8.10. The van der Waals surface area contributed by atoms with E-state index in [0.717, 1.165) is 5.56 Å². The molecule has 25 heavy (non-hydrogen) atoms. The van der Waals surface area contributed by atoms with Gasteiger partial charge >= 0.3 is 0 Å². The van der Waals surface area contributed by atoms with E-state index in [9.17, 15) is 13.5 Å². The highest BCUT2D eigenvalue weighted by atomic mass is 32.2. The summed E-state index contributed by atoms with van der Waals surface area (Å²) in [5.41, 5.74) is 0.612. The van der Waals surface area contributed by atoms with Crippen LogP contribution in [0.1, 0.15) is 25.0 Å². The third kappa shape index (κ3) is 5.12. The molecule has 0 fully saturated rings. The standard InChI is InChI=1S/C19H24O5S/c1-19(2,21)16-5-9-18(10-6-16)25(22,23)17-7-3-15(4-8-17)11-13-24-14-12-20/h3-10,20-21H,11-14H2,1-2H3. The first-order valence-corrected chi connectivity index (χ1v) is 9.59. The number of rotatable bonds is 8.